The molecule has 2 nitrogen and oxygen atoms in total. The molecule has 1 amide bonds. The molecule has 0 saturated carbocycles. The highest BCUT2D eigenvalue weighted by Gasteiger charge is 2.33. The molecule has 0 spiro atoms. The summed E-state index contributed by atoms with van der Waals surface area (Å²) in [4.78, 5) is 14.5. The molecule has 1 heterocycles. The number of hydrogen-bond acceptors (Lipinski definition) is 3. The van der Waals surface area contributed by atoms with E-state index >= 15 is 0 Å². The van der Waals surface area contributed by atoms with E-state index in [0.29, 0.717) is 9.23 Å². The maximum atomic E-state index is 12.2. The minimum absolute atomic E-state index is 0.00270. The Hall–Kier alpha value is -0.650. The normalized spacial score (nSPS) is 18.2. The van der Waals surface area contributed by atoms with Crippen molar-refractivity contribution < 1.29 is 4.79 Å². The van der Waals surface area contributed by atoms with Gasteiger partial charge in [-0.05, 0) is 37.6 Å². The average Bonchev–Trinajstić information content (AvgIpc) is 2.57. The summed E-state index contributed by atoms with van der Waals surface area (Å²) in [5, 5.41) is 0. The number of carbonyl (C=O) groups excluding carboxylic acids is 1. The number of nitrogens with zero attached hydrogens (tertiary/aromatic N) is 1. The zero-order chi connectivity index (χ0) is 13.3. The molecule has 1 aliphatic heterocycles. The van der Waals surface area contributed by atoms with Gasteiger partial charge in [-0.1, -0.05) is 52.0 Å². The van der Waals surface area contributed by atoms with Crippen molar-refractivity contribution in [2.24, 2.45) is 0 Å². The van der Waals surface area contributed by atoms with E-state index in [-0.39, 0.29) is 11.9 Å². The van der Waals surface area contributed by atoms with Gasteiger partial charge in [0.05, 0.1) is 4.91 Å². The maximum absolute atomic E-state index is 12.2. The fourth-order valence-corrected chi connectivity index (χ4v) is 3.42. The first kappa shape index (κ1) is 13.8. The molecule has 1 aromatic carbocycles. The van der Waals surface area contributed by atoms with Gasteiger partial charge in [0.2, 0.25) is 0 Å². The predicted molar refractivity (Wildman–Crippen MR) is 84.3 cm³/mol. The number of halogens is 1. The van der Waals surface area contributed by atoms with Gasteiger partial charge in [-0.3, -0.25) is 9.69 Å². The minimum Gasteiger partial charge on any atom is -0.290 e. The van der Waals surface area contributed by atoms with Crippen LogP contribution in [0.4, 0.5) is 0 Å². The smallest absolute Gasteiger partial charge is 0.266 e. The number of thioether (sulfide) groups is 1. The van der Waals surface area contributed by atoms with Gasteiger partial charge in [-0.25, -0.2) is 0 Å². The van der Waals surface area contributed by atoms with E-state index in [1.165, 1.54) is 11.8 Å². The summed E-state index contributed by atoms with van der Waals surface area (Å²) in [6.07, 6.45) is 1.88. The molecule has 1 aromatic rings. The molecule has 0 aliphatic carbocycles. The molecule has 1 aliphatic rings. The molecular weight excluding hydrogens is 330 g/mol. The van der Waals surface area contributed by atoms with E-state index in [1.807, 2.05) is 44.2 Å². The SMILES string of the molecule is CC(C)N1C(=O)C(=Cc2ccc(Br)cc2)SC1=S. The second kappa shape index (κ2) is 5.55. The lowest BCUT2D eigenvalue weighted by atomic mass is 10.2. The van der Waals surface area contributed by atoms with Crippen molar-refractivity contribution in [2.45, 2.75) is 19.9 Å². The first-order valence-corrected chi connectivity index (χ1v) is 7.53. The van der Waals surface area contributed by atoms with Crippen molar-refractivity contribution in [1.29, 1.82) is 0 Å². The Morgan fingerprint density at radius 1 is 1.33 bits per heavy atom. The number of benzene rings is 1. The topological polar surface area (TPSA) is 20.3 Å². The van der Waals surface area contributed by atoms with Crippen molar-refractivity contribution in [3.05, 3.63) is 39.2 Å². The van der Waals surface area contributed by atoms with Crippen LogP contribution in [0.15, 0.2) is 33.6 Å². The Bertz CT molecular complexity index is 522. The van der Waals surface area contributed by atoms with Gasteiger partial charge in [0.1, 0.15) is 4.32 Å². The third-order valence-electron chi connectivity index (χ3n) is 2.51. The van der Waals surface area contributed by atoms with Gasteiger partial charge in [0.25, 0.3) is 5.91 Å². The summed E-state index contributed by atoms with van der Waals surface area (Å²) in [6.45, 7) is 3.93. The number of amides is 1. The van der Waals surface area contributed by atoms with Gasteiger partial charge < -0.3 is 0 Å². The maximum Gasteiger partial charge on any atom is 0.266 e. The lowest BCUT2D eigenvalue weighted by Gasteiger charge is -2.18. The fourth-order valence-electron chi connectivity index (χ4n) is 1.64. The van der Waals surface area contributed by atoms with Crippen LogP contribution in [0.3, 0.4) is 0 Å². The summed E-state index contributed by atoms with van der Waals surface area (Å²) in [6, 6.07) is 7.94. The van der Waals surface area contributed by atoms with Crippen LogP contribution < -0.4 is 0 Å². The summed E-state index contributed by atoms with van der Waals surface area (Å²) in [7, 11) is 0. The van der Waals surface area contributed by atoms with Crippen LogP contribution in [0.25, 0.3) is 6.08 Å². The number of hydrogen-bond donors (Lipinski definition) is 0. The van der Waals surface area contributed by atoms with Gasteiger partial charge in [0, 0.05) is 10.5 Å². The highest BCUT2D eigenvalue weighted by molar-refractivity contribution is 9.10. The highest BCUT2D eigenvalue weighted by Crippen LogP contribution is 2.33. The van der Waals surface area contributed by atoms with E-state index in [1.54, 1.807) is 4.90 Å². The molecule has 5 heteroatoms. The lowest BCUT2D eigenvalue weighted by molar-refractivity contribution is -0.123. The summed E-state index contributed by atoms with van der Waals surface area (Å²) >= 11 is 9.98. The van der Waals surface area contributed by atoms with Crippen molar-refractivity contribution >= 4 is 56.2 Å². The Kier molecular flexibility index (Phi) is 4.25. The molecule has 2 rings (SSSR count). The van der Waals surface area contributed by atoms with Crippen LogP contribution >= 0.6 is 39.9 Å². The van der Waals surface area contributed by atoms with Gasteiger partial charge in [-0.15, -0.1) is 0 Å². The Labute approximate surface area is 125 Å². The van der Waals surface area contributed by atoms with Crippen molar-refractivity contribution in [1.82, 2.24) is 4.90 Å². The van der Waals surface area contributed by atoms with Crippen molar-refractivity contribution in [2.75, 3.05) is 0 Å². The molecule has 0 bridgehead atoms. The van der Waals surface area contributed by atoms with Gasteiger partial charge in [0.15, 0.2) is 0 Å². The standard InChI is InChI=1S/C13H12BrNOS2/c1-8(2)15-12(16)11(18-13(15)17)7-9-3-5-10(14)6-4-9/h3-8H,1-2H3. The van der Waals surface area contributed by atoms with Crippen LogP contribution in [0, 0.1) is 0 Å². The zero-order valence-corrected chi connectivity index (χ0v) is 13.2. The molecular formula is C13H12BrNOS2. The number of thiocarbonyl (C=S) groups is 1. The second-order valence-corrected chi connectivity index (χ2v) is 6.79. The van der Waals surface area contributed by atoms with E-state index in [4.69, 9.17) is 12.2 Å². The Morgan fingerprint density at radius 2 is 1.94 bits per heavy atom. The van der Waals surface area contributed by atoms with Gasteiger partial charge in [-0.2, -0.15) is 0 Å². The third-order valence-corrected chi connectivity index (χ3v) is 4.37. The summed E-state index contributed by atoms with van der Waals surface area (Å²) < 4.78 is 1.66. The molecule has 0 atom stereocenters. The van der Waals surface area contributed by atoms with E-state index in [9.17, 15) is 4.79 Å². The van der Waals surface area contributed by atoms with Gasteiger partial charge >= 0.3 is 0 Å². The molecule has 0 N–H and O–H groups in total. The van der Waals surface area contributed by atoms with Crippen LogP contribution in [0.2, 0.25) is 0 Å². The largest absolute Gasteiger partial charge is 0.290 e. The van der Waals surface area contributed by atoms with E-state index in [0.717, 1.165) is 10.0 Å². The quantitative estimate of drug-likeness (QED) is 0.597. The molecule has 18 heavy (non-hydrogen) atoms. The Morgan fingerprint density at radius 3 is 2.44 bits per heavy atom. The van der Waals surface area contributed by atoms with Crippen molar-refractivity contribution in [3.63, 3.8) is 0 Å². The minimum atomic E-state index is 0.00270. The highest BCUT2D eigenvalue weighted by atomic mass is 79.9. The molecule has 0 aromatic heterocycles. The molecule has 0 radical (unpaired) electrons. The molecule has 1 saturated heterocycles. The first-order valence-electron chi connectivity index (χ1n) is 5.51. The lowest BCUT2D eigenvalue weighted by Crippen LogP contribution is -2.34. The monoisotopic (exact) mass is 341 g/mol. The molecule has 1 fully saturated rings. The average molecular weight is 342 g/mol. The van der Waals surface area contributed by atoms with Crippen LogP contribution in [0.1, 0.15) is 19.4 Å². The Balaban J connectivity index is 2.28. The zero-order valence-electron chi connectivity index (χ0n) is 10.0. The number of carbonyl (C=O) groups is 1. The summed E-state index contributed by atoms with van der Waals surface area (Å²) in [5.41, 5.74) is 1.00. The second-order valence-electron chi connectivity index (χ2n) is 4.20. The van der Waals surface area contributed by atoms with E-state index in [2.05, 4.69) is 15.9 Å². The van der Waals surface area contributed by atoms with Crippen LogP contribution in [-0.2, 0) is 4.79 Å². The predicted octanol–water partition coefficient (Wildman–Crippen LogP) is 4.06. The van der Waals surface area contributed by atoms with Crippen LogP contribution in [0.5, 0.6) is 0 Å². The van der Waals surface area contributed by atoms with Crippen molar-refractivity contribution in [3.8, 4) is 0 Å². The molecule has 94 valence electrons. The fraction of sp³-hybridized carbons (Fsp3) is 0.231. The first-order chi connectivity index (χ1) is 8.49. The number of rotatable bonds is 2. The van der Waals surface area contributed by atoms with Crippen LogP contribution in [-0.4, -0.2) is 21.2 Å². The molecule has 0 unspecified atom stereocenters. The summed E-state index contributed by atoms with van der Waals surface area (Å²) in [5.74, 6) is 0.00270. The van der Waals surface area contributed by atoms with E-state index < -0.39 is 0 Å². The third kappa shape index (κ3) is 2.84.